The number of ether oxygens (including phenoxy) is 2. The van der Waals surface area contributed by atoms with Gasteiger partial charge < -0.3 is 9.47 Å². The molecule has 1 aromatic heterocycles. The molecule has 1 fully saturated rings. The average molecular weight is 394 g/mol. The number of rotatable bonds is 7. The monoisotopic (exact) mass is 394 g/mol. The fourth-order valence-electron chi connectivity index (χ4n) is 3.46. The zero-order chi connectivity index (χ0) is 19.4. The van der Waals surface area contributed by atoms with Crippen molar-refractivity contribution < 1.29 is 17.9 Å². The molecule has 3 rings (SSSR count). The molecule has 0 spiro atoms. The van der Waals surface area contributed by atoms with Crippen LogP contribution in [0.1, 0.15) is 23.0 Å². The maximum Gasteiger partial charge on any atom is 0.244 e. The van der Waals surface area contributed by atoms with E-state index >= 15 is 0 Å². The van der Waals surface area contributed by atoms with Crippen LogP contribution in [0, 0.1) is 13.8 Å². The number of aromatic amines is 1. The second-order valence-electron chi connectivity index (χ2n) is 6.52. The largest absolute Gasteiger partial charge is 0.496 e. The smallest absolute Gasteiger partial charge is 0.244 e. The van der Waals surface area contributed by atoms with Gasteiger partial charge in [-0.2, -0.15) is 5.10 Å². The van der Waals surface area contributed by atoms with Crippen molar-refractivity contribution in [1.82, 2.24) is 19.8 Å². The van der Waals surface area contributed by atoms with E-state index in [-0.39, 0.29) is 17.5 Å². The third-order valence-electron chi connectivity index (χ3n) is 4.78. The topological polar surface area (TPSA) is 96.5 Å². The standard InChI is InChI=1S/C18H26N4O4S/c1-13-18(14(2)21-20-13)27(23,24)19-12-16(22-8-10-26-11-9-22)15-6-4-5-7-17(15)25-3/h4-7,16,19H,8-12H2,1-3H3,(H,20,21). The van der Waals surface area contributed by atoms with Crippen LogP contribution in [0.5, 0.6) is 5.75 Å². The quantitative estimate of drug-likeness (QED) is 0.737. The Balaban J connectivity index is 1.88. The van der Waals surface area contributed by atoms with Gasteiger partial charge in [0.1, 0.15) is 10.6 Å². The van der Waals surface area contributed by atoms with E-state index in [9.17, 15) is 8.42 Å². The number of hydrogen-bond acceptors (Lipinski definition) is 6. The van der Waals surface area contributed by atoms with Crippen molar-refractivity contribution in [3.63, 3.8) is 0 Å². The van der Waals surface area contributed by atoms with Gasteiger partial charge in [-0.05, 0) is 19.9 Å². The van der Waals surface area contributed by atoms with Gasteiger partial charge in [-0.1, -0.05) is 18.2 Å². The first kappa shape index (κ1) is 19.8. The Morgan fingerprint density at radius 1 is 1.30 bits per heavy atom. The van der Waals surface area contributed by atoms with E-state index in [1.165, 1.54) is 0 Å². The van der Waals surface area contributed by atoms with Gasteiger partial charge in [0, 0.05) is 25.2 Å². The normalized spacial score (nSPS) is 17.0. The molecule has 0 aliphatic carbocycles. The molecule has 0 saturated carbocycles. The van der Waals surface area contributed by atoms with Crippen LogP contribution < -0.4 is 9.46 Å². The fraction of sp³-hybridized carbons (Fsp3) is 0.500. The number of morpholine rings is 1. The predicted octanol–water partition coefficient (Wildman–Crippen LogP) is 1.39. The Labute approximate surface area is 159 Å². The molecule has 1 aliphatic rings. The van der Waals surface area contributed by atoms with Crippen LogP contribution in [0.4, 0.5) is 0 Å². The lowest BCUT2D eigenvalue weighted by Crippen LogP contribution is -2.44. The molecule has 0 radical (unpaired) electrons. The molecule has 2 N–H and O–H groups in total. The lowest BCUT2D eigenvalue weighted by atomic mass is 10.0. The van der Waals surface area contributed by atoms with Crippen molar-refractivity contribution in [1.29, 1.82) is 0 Å². The molecule has 1 aliphatic heterocycles. The molecular weight excluding hydrogens is 368 g/mol. The summed E-state index contributed by atoms with van der Waals surface area (Å²) in [5.74, 6) is 0.740. The zero-order valence-electron chi connectivity index (χ0n) is 15.9. The Morgan fingerprint density at radius 3 is 2.63 bits per heavy atom. The van der Waals surface area contributed by atoms with Crippen molar-refractivity contribution in [3.8, 4) is 5.75 Å². The van der Waals surface area contributed by atoms with Crippen LogP contribution in [-0.2, 0) is 14.8 Å². The minimum absolute atomic E-state index is 0.160. The molecule has 148 valence electrons. The van der Waals surface area contributed by atoms with Crippen molar-refractivity contribution >= 4 is 10.0 Å². The molecule has 8 nitrogen and oxygen atoms in total. The SMILES string of the molecule is COc1ccccc1C(CNS(=O)(=O)c1c(C)n[nH]c1C)N1CCOCC1. The summed E-state index contributed by atoms with van der Waals surface area (Å²) in [5.41, 5.74) is 1.94. The summed E-state index contributed by atoms with van der Waals surface area (Å²) in [6.07, 6.45) is 0. The van der Waals surface area contributed by atoms with E-state index < -0.39 is 10.0 Å². The van der Waals surface area contributed by atoms with Gasteiger partial charge in [0.25, 0.3) is 0 Å². The van der Waals surface area contributed by atoms with E-state index in [4.69, 9.17) is 9.47 Å². The van der Waals surface area contributed by atoms with Gasteiger partial charge in [-0.3, -0.25) is 10.00 Å². The lowest BCUT2D eigenvalue weighted by molar-refractivity contribution is 0.0167. The van der Waals surface area contributed by atoms with Crippen molar-refractivity contribution in [3.05, 3.63) is 41.2 Å². The van der Waals surface area contributed by atoms with Gasteiger partial charge >= 0.3 is 0 Å². The maximum absolute atomic E-state index is 12.9. The van der Waals surface area contributed by atoms with Gasteiger partial charge in [0.05, 0.1) is 37.8 Å². The Morgan fingerprint density at radius 2 is 2.00 bits per heavy atom. The van der Waals surface area contributed by atoms with Gasteiger partial charge in [0.15, 0.2) is 0 Å². The summed E-state index contributed by atoms with van der Waals surface area (Å²) in [4.78, 5) is 2.43. The number of hydrogen-bond donors (Lipinski definition) is 2. The number of methoxy groups -OCH3 is 1. The average Bonchev–Trinajstić information content (AvgIpc) is 3.02. The first-order valence-corrected chi connectivity index (χ1v) is 10.4. The predicted molar refractivity (Wildman–Crippen MR) is 101 cm³/mol. The number of para-hydroxylation sites is 1. The minimum Gasteiger partial charge on any atom is -0.496 e. The second-order valence-corrected chi connectivity index (χ2v) is 8.22. The summed E-state index contributed by atoms with van der Waals surface area (Å²) in [6.45, 7) is 6.32. The first-order valence-electron chi connectivity index (χ1n) is 8.90. The van der Waals surface area contributed by atoms with Crippen LogP contribution in [-0.4, -0.2) is 63.5 Å². The van der Waals surface area contributed by atoms with Crippen LogP contribution in [0.2, 0.25) is 0 Å². The van der Waals surface area contributed by atoms with E-state index in [0.29, 0.717) is 24.6 Å². The highest BCUT2D eigenvalue weighted by Gasteiger charge is 2.28. The number of nitrogens with zero attached hydrogens (tertiary/aromatic N) is 2. The highest BCUT2D eigenvalue weighted by molar-refractivity contribution is 7.89. The number of aryl methyl sites for hydroxylation is 2. The van der Waals surface area contributed by atoms with Crippen molar-refractivity contribution in [2.24, 2.45) is 0 Å². The minimum atomic E-state index is -3.68. The summed E-state index contributed by atoms with van der Waals surface area (Å²) < 4.78 is 39.5. The molecule has 1 aromatic carbocycles. The molecule has 9 heteroatoms. The Kier molecular flexibility index (Phi) is 6.15. The molecule has 2 aromatic rings. The molecule has 2 heterocycles. The number of H-pyrrole nitrogens is 1. The molecule has 1 unspecified atom stereocenters. The first-order chi connectivity index (χ1) is 12.9. The summed E-state index contributed by atoms with van der Waals surface area (Å²) >= 11 is 0. The summed E-state index contributed by atoms with van der Waals surface area (Å²) in [6, 6.07) is 7.54. The zero-order valence-corrected chi connectivity index (χ0v) is 16.7. The van der Waals surface area contributed by atoms with E-state index in [2.05, 4.69) is 19.8 Å². The van der Waals surface area contributed by atoms with E-state index in [0.717, 1.165) is 24.4 Å². The lowest BCUT2D eigenvalue weighted by Gasteiger charge is -2.35. The van der Waals surface area contributed by atoms with Gasteiger partial charge in [-0.25, -0.2) is 13.1 Å². The van der Waals surface area contributed by atoms with Crippen LogP contribution in [0.3, 0.4) is 0 Å². The highest BCUT2D eigenvalue weighted by Crippen LogP contribution is 2.30. The molecule has 27 heavy (non-hydrogen) atoms. The van der Waals surface area contributed by atoms with E-state index in [1.54, 1.807) is 21.0 Å². The Hall–Kier alpha value is -1.94. The number of benzene rings is 1. The fourth-order valence-corrected chi connectivity index (χ4v) is 4.87. The van der Waals surface area contributed by atoms with Gasteiger partial charge in [-0.15, -0.1) is 0 Å². The third kappa shape index (κ3) is 4.32. The molecule has 0 bridgehead atoms. The number of aromatic nitrogens is 2. The third-order valence-corrected chi connectivity index (χ3v) is 6.47. The second kappa shape index (κ2) is 8.39. The highest BCUT2D eigenvalue weighted by atomic mass is 32.2. The van der Waals surface area contributed by atoms with Crippen molar-refractivity contribution in [2.45, 2.75) is 24.8 Å². The number of sulfonamides is 1. The number of nitrogens with one attached hydrogen (secondary N) is 2. The maximum atomic E-state index is 12.9. The van der Waals surface area contributed by atoms with Crippen LogP contribution in [0.15, 0.2) is 29.2 Å². The molecule has 0 amide bonds. The van der Waals surface area contributed by atoms with Gasteiger partial charge in [0.2, 0.25) is 10.0 Å². The van der Waals surface area contributed by atoms with Crippen LogP contribution in [0.25, 0.3) is 0 Å². The Bertz CT molecular complexity index is 856. The van der Waals surface area contributed by atoms with Crippen LogP contribution >= 0.6 is 0 Å². The molecule has 1 saturated heterocycles. The summed E-state index contributed by atoms with van der Waals surface area (Å²) in [5, 5.41) is 6.72. The van der Waals surface area contributed by atoms with E-state index in [1.807, 2.05) is 24.3 Å². The van der Waals surface area contributed by atoms with Crippen molar-refractivity contribution in [2.75, 3.05) is 40.0 Å². The summed E-state index contributed by atoms with van der Waals surface area (Å²) in [7, 11) is -2.06. The molecule has 1 atom stereocenters. The molecular formula is C18H26N4O4S.